The highest BCUT2D eigenvalue weighted by molar-refractivity contribution is 6.00. The monoisotopic (exact) mass is 406 g/mol. The molecule has 2 aromatic carbocycles. The van der Waals surface area contributed by atoms with E-state index in [4.69, 9.17) is 10.00 Å². The van der Waals surface area contributed by atoms with Crippen LogP contribution in [0.4, 0.5) is 5.69 Å². The molecule has 2 aromatic rings. The van der Waals surface area contributed by atoms with Crippen LogP contribution < -0.4 is 20.5 Å². The van der Waals surface area contributed by atoms with E-state index in [0.29, 0.717) is 11.3 Å². The second kappa shape index (κ2) is 9.56. The molecule has 0 bridgehead atoms. The Labute approximate surface area is 174 Å². The number of amides is 3. The van der Waals surface area contributed by atoms with Gasteiger partial charge in [-0.15, -0.1) is 0 Å². The third-order valence-electron chi connectivity index (χ3n) is 4.83. The van der Waals surface area contributed by atoms with Gasteiger partial charge in [-0.25, -0.2) is 0 Å². The molecule has 154 valence electrons. The second-order valence-corrected chi connectivity index (χ2v) is 6.89. The van der Waals surface area contributed by atoms with Crippen LogP contribution in [0, 0.1) is 17.2 Å². The van der Waals surface area contributed by atoms with E-state index in [0.717, 1.165) is 12.1 Å². The van der Waals surface area contributed by atoms with Crippen molar-refractivity contribution in [3.8, 4) is 11.8 Å². The van der Waals surface area contributed by atoms with Crippen molar-refractivity contribution in [3.05, 3.63) is 59.7 Å². The van der Waals surface area contributed by atoms with E-state index < -0.39 is 17.7 Å². The molecule has 3 rings (SSSR count). The van der Waals surface area contributed by atoms with Crippen LogP contribution in [0.1, 0.15) is 24.5 Å². The van der Waals surface area contributed by atoms with Crippen molar-refractivity contribution >= 4 is 23.4 Å². The van der Waals surface area contributed by atoms with E-state index in [2.05, 4.69) is 17.8 Å². The summed E-state index contributed by atoms with van der Waals surface area (Å²) >= 11 is 0. The van der Waals surface area contributed by atoms with Gasteiger partial charge in [0.2, 0.25) is 11.8 Å². The van der Waals surface area contributed by atoms with Crippen LogP contribution in [0.2, 0.25) is 0 Å². The highest BCUT2D eigenvalue weighted by Gasteiger charge is 2.35. The van der Waals surface area contributed by atoms with Gasteiger partial charge < -0.3 is 9.64 Å². The Kier molecular flexibility index (Phi) is 6.65. The number of carbonyl (C=O) groups is 3. The maximum atomic E-state index is 12.3. The van der Waals surface area contributed by atoms with Gasteiger partial charge in [0.25, 0.3) is 5.91 Å². The van der Waals surface area contributed by atoms with Gasteiger partial charge in [-0.1, -0.05) is 19.1 Å². The number of hydrogen-bond donors (Lipinski definition) is 2. The van der Waals surface area contributed by atoms with Crippen LogP contribution in [-0.4, -0.2) is 30.9 Å². The molecule has 0 saturated carbocycles. The Morgan fingerprint density at radius 1 is 1.13 bits per heavy atom. The number of rotatable bonds is 6. The smallest absolute Gasteiger partial charge is 0.276 e. The molecule has 8 nitrogen and oxygen atoms in total. The van der Waals surface area contributed by atoms with Gasteiger partial charge in [0, 0.05) is 18.7 Å². The molecular formula is C22H22N4O4. The summed E-state index contributed by atoms with van der Waals surface area (Å²) in [6.07, 6.45) is 0.993. The summed E-state index contributed by atoms with van der Waals surface area (Å²) in [5, 5.41) is 8.76. The summed E-state index contributed by atoms with van der Waals surface area (Å²) in [5.41, 5.74) is 7.06. The zero-order valence-corrected chi connectivity index (χ0v) is 16.6. The van der Waals surface area contributed by atoms with Gasteiger partial charge in [-0.3, -0.25) is 25.2 Å². The third-order valence-corrected chi connectivity index (χ3v) is 4.83. The Morgan fingerprint density at radius 2 is 1.83 bits per heavy atom. The first kappa shape index (κ1) is 20.9. The molecule has 1 fully saturated rings. The van der Waals surface area contributed by atoms with Crippen molar-refractivity contribution in [1.82, 2.24) is 10.9 Å². The highest BCUT2D eigenvalue weighted by atomic mass is 16.5. The first-order valence-electron chi connectivity index (χ1n) is 9.61. The predicted octanol–water partition coefficient (Wildman–Crippen LogP) is 1.70. The second-order valence-electron chi connectivity index (χ2n) is 6.89. The van der Waals surface area contributed by atoms with Crippen molar-refractivity contribution in [1.29, 1.82) is 5.26 Å². The first-order valence-corrected chi connectivity index (χ1v) is 9.61. The lowest BCUT2D eigenvalue weighted by atomic mass is 10.1. The number of ether oxygens (including phenoxy) is 1. The van der Waals surface area contributed by atoms with Gasteiger partial charge in [0.05, 0.1) is 17.6 Å². The van der Waals surface area contributed by atoms with Gasteiger partial charge in [-0.05, 0) is 48.4 Å². The summed E-state index contributed by atoms with van der Waals surface area (Å²) in [5.74, 6) is -1.22. The summed E-state index contributed by atoms with van der Waals surface area (Å²) in [4.78, 5) is 38.1. The van der Waals surface area contributed by atoms with E-state index in [1.165, 1.54) is 5.56 Å². The molecule has 1 saturated heterocycles. The van der Waals surface area contributed by atoms with Crippen molar-refractivity contribution in [3.63, 3.8) is 0 Å². The molecule has 0 aliphatic carbocycles. The molecule has 1 aliphatic heterocycles. The average molecular weight is 406 g/mol. The Hall–Kier alpha value is -3.86. The molecule has 0 spiro atoms. The molecule has 2 N–H and O–H groups in total. The number of aryl methyl sites for hydroxylation is 1. The Balaban J connectivity index is 1.45. The van der Waals surface area contributed by atoms with Gasteiger partial charge in [-0.2, -0.15) is 5.26 Å². The number of nitrogens with zero attached hydrogens (tertiary/aromatic N) is 2. The van der Waals surface area contributed by atoms with Crippen LogP contribution in [-0.2, 0) is 20.8 Å². The van der Waals surface area contributed by atoms with E-state index in [-0.39, 0.29) is 25.5 Å². The number of nitrogens with one attached hydrogen (secondary N) is 2. The average Bonchev–Trinajstić information content (AvgIpc) is 3.18. The molecule has 0 unspecified atom stereocenters. The Morgan fingerprint density at radius 3 is 2.47 bits per heavy atom. The summed E-state index contributed by atoms with van der Waals surface area (Å²) in [6, 6.07) is 16.0. The van der Waals surface area contributed by atoms with Crippen molar-refractivity contribution in [2.45, 2.75) is 19.8 Å². The lowest BCUT2D eigenvalue weighted by Gasteiger charge is -2.17. The van der Waals surface area contributed by atoms with Crippen molar-refractivity contribution in [2.75, 3.05) is 18.1 Å². The molecule has 30 heavy (non-hydrogen) atoms. The number of hydrogen-bond acceptors (Lipinski definition) is 5. The van der Waals surface area contributed by atoms with Crippen LogP contribution >= 0.6 is 0 Å². The zero-order chi connectivity index (χ0) is 21.5. The topological polar surface area (TPSA) is 112 Å². The number of nitriles is 1. The fourth-order valence-corrected chi connectivity index (χ4v) is 3.09. The van der Waals surface area contributed by atoms with Gasteiger partial charge in [0.1, 0.15) is 5.75 Å². The summed E-state index contributed by atoms with van der Waals surface area (Å²) < 4.78 is 5.30. The zero-order valence-electron chi connectivity index (χ0n) is 16.6. The van der Waals surface area contributed by atoms with Gasteiger partial charge in [0.15, 0.2) is 6.61 Å². The molecular weight excluding hydrogens is 384 g/mol. The van der Waals surface area contributed by atoms with E-state index in [9.17, 15) is 14.4 Å². The minimum atomic E-state index is -0.553. The minimum Gasteiger partial charge on any atom is -0.484 e. The molecule has 0 radical (unpaired) electrons. The highest BCUT2D eigenvalue weighted by Crippen LogP contribution is 2.25. The summed E-state index contributed by atoms with van der Waals surface area (Å²) in [7, 11) is 0. The lowest BCUT2D eigenvalue weighted by molar-refractivity contribution is -0.132. The summed E-state index contributed by atoms with van der Waals surface area (Å²) in [6.45, 7) is 2.01. The standard InChI is InChI=1S/C22H22N4O4/c1-2-15-3-7-18(8-4-15)26-13-17(11-21(26)28)22(29)25-24-20(27)14-30-19-9-5-16(12-23)6-10-19/h3-10,17H,2,11,13-14H2,1H3,(H,24,27)(H,25,29)/t17-/m0/s1. The van der Waals surface area contributed by atoms with Crippen molar-refractivity contribution in [2.24, 2.45) is 5.92 Å². The third kappa shape index (κ3) is 5.14. The first-order chi connectivity index (χ1) is 14.5. The number of hydrazine groups is 1. The number of anilines is 1. The molecule has 0 aromatic heterocycles. The van der Waals surface area contributed by atoms with E-state index in [1.54, 1.807) is 29.2 Å². The SMILES string of the molecule is CCc1ccc(N2C[C@@H](C(=O)NNC(=O)COc3ccc(C#N)cc3)CC2=O)cc1. The minimum absolute atomic E-state index is 0.0823. The molecule has 1 atom stereocenters. The van der Waals surface area contributed by atoms with Crippen LogP contribution in [0.15, 0.2) is 48.5 Å². The largest absolute Gasteiger partial charge is 0.484 e. The van der Waals surface area contributed by atoms with Crippen LogP contribution in [0.5, 0.6) is 5.75 Å². The van der Waals surface area contributed by atoms with Crippen LogP contribution in [0.3, 0.4) is 0 Å². The lowest BCUT2D eigenvalue weighted by Crippen LogP contribution is -2.46. The molecule has 8 heteroatoms. The molecule has 3 amide bonds. The van der Waals surface area contributed by atoms with Crippen LogP contribution in [0.25, 0.3) is 0 Å². The number of benzene rings is 2. The fourth-order valence-electron chi connectivity index (χ4n) is 3.09. The maximum absolute atomic E-state index is 12.3. The Bertz CT molecular complexity index is 964. The fraction of sp³-hybridized carbons (Fsp3) is 0.273. The van der Waals surface area contributed by atoms with Crippen molar-refractivity contribution < 1.29 is 19.1 Å². The maximum Gasteiger partial charge on any atom is 0.276 e. The molecule has 1 aliphatic rings. The predicted molar refractivity (Wildman–Crippen MR) is 109 cm³/mol. The van der Waals surface area contributed by atoms with E-state index in [1.807, 2.05) is 30.3 Å². The number of carbonyl (C=O) groups excluding carboxylic acids is 3. The van der Waals surface area contributed by atoms with Gasteiger partial charge >= 0.3 is 0 Å². The van der Waals surface area contributed by atoms with E-state index >= 15 is 0 Å². The molecule has 1 heterocycles. The normalized spacial score (nSPS) is 15.4. The quantitative estimate of drug-likeness (QED) is 0.710.